The first kappa shape index (κ1) is 25.4. The molecule has 0 aliphatic carbocycles. The highest BCUT2D eigenvalue weighted by Gasteiger charge is 2.40. The number of fused-ring (bicyclic) bond motifs is 1. The van der Waals surface area contributed by atoms with E-state index in [1.807, 2.05) is 24.4 Å². The van der Waals surface area contributed by atoms with Crippen LogP contribution in [0.1, 0.15) is 62.8 Å². The van der Waals surface area contributed by atoms with Crippen molar-refractivity contribution in [3.05, 3.63) is 52.3 Å². The van der Waals surface area contributed by atoms with E-state index in [4.69, 9.17) is 21.3 Å². The number of rotatable bonds is 5. The van der Waals surface area contributed by atoms with E-state index in [-0.39, 0.29) is 23.8 Å². The fourth-order valence-electron chi connectivity index (χ4n) is 5.91. The number of ether oxygens (including phenoxy) is 1. The fourth-order valence-corrected chi connectivity index (χ4v) is 6.11. The largest absolute Gasteiger partial charge is 0.381 e. The van der Waals surface area contributed by atoms with Crippen molar-refractivity contribution >= 4 is 23.5 Å². The molecule has 1 amide bonds. The first-order valence-corrected chi connectivity index (χ1v) is 13.8. The molecule has 2 aromatic rings. The number of hydrogen-bond acceptors (Lipinski definition) is 6. The van der Waals surface area contributed by atoms with E-state index in [9.17, 15) is 4.79 Å². The summed E-state index contributed by atoms with van der Waals surface area (Å²) in [6.45, 7) is 10.5. The molecule has 0 unspecified atom stereocenters. The molecule has 0 radical (unpaired) electrons. The smallest absolute Gasteiger partial charge is 0.227 e. The number of halogens is 1. The molecule has 36 heavy (non-hydrogen) atoms. The molecule has 1 N–H and O–H groups in total. The molecule has 2 saturated heterocycles. The van der Waals surface area contributed by atoms with Crippen molar-refractivity contribution in [2.24, 2.45) is 5.92 Å². The predicted molar refractivity (Wildman–Crippen MR) is 142 cm³/mol. The maximum Gasteiger partial charge on any atom is 0.227 e. The molecule has 7 nitrogen and oxygen atoms in total. The van der Waals surface area contributed by atoms with Crippen LogP contribution in [0.15, 0.2) is 30.5 Å². The number of anilines is 1. The van der Waals surface area contributed by atoms with E-state index in [2.05, 4.69) is 46.9 Å². The molecule has 3 atom stereocenters. The molecule has 0 saturated carbocycles. The van der Waals surface area contributed by atoms with Crippen molar-refractivity contribution in [3.8, 4) is 0 Å². The normalized spacial score (nSPS) is 25.6. The minimum Gasteiger partial charge on any atom is -0.381 e. The van der Waals surface area contributed by atoms with Gasteiger partial charge in [-0.3, -0.25) is 4.79 Å². The molecule has 1 aromatic heterocycles. The summed E-state index contributed by atoms with van der Waals surface area (Å²) in [5.74, 6) is 0.949. The van der Waals surface area contributed by atoms with Crippen LogP contribution < -0.4 is 5.32 Å². The second-order valence-corrected chi connectivity index (χ2v) is 11.3. The second-order valence-electron chi connectivity index (χ2n) is 10.9. The Morgan fingerprint density at radius 1 is 1.22 bits per heavy atom. The van der Waals surface area contributed by atoms with Crippen LogP contribution in [0.4, 0.5) is 5.95 Å². The van der Waals surface area contributed by atoms with Gasteiger partial charge in [-0.1, -0.05) is 23.7 Å². The first-order chi connectivity index (χ1) is 17.4. The average molecular weight is 512 g/mol. The van der Waals surface area contributed by atoms with Gasteiger partial charge in [-0.25, -0.2) is 9.97 Å². The van der Waals surface area contributed by atoms with Crippen LogP contribution >= 0.6 is 11.6 Å². The van der Waals surface area contributed by atoms with Crippen LogP contribution in [0.25, 0.3) is 0 Å². The lowest BCUT2D eigenvalue weighted by molar-refractivity contribution is -0.141. The van der Waals surface area contributed by atoms with Gasteiger partial charge in [0.15, 0.2) is 0 Å². The highest BCUT2D eigenvalue weighted by atomic mass is 35.5. The van der Waals surface area contributed by atoms with Crippen molar-refractivity contribution in [1.82, 2.24) is 19.8 Å². The van der Waals surface area contributed by atoms with Gasteiger partial charge < -0.3 is 19.9 Å². The monoisotopic (exact) mass is 511 g/mol. The summed E-state index contributed by atoms with van der Waals surface area (Å²) >= 11 is 6.37. The summed E-state index contributed by atoms with van der Waals surface area (Å²) in [7, 11) is 0. The zero-order valence-corrected chi connectivity index (χ0v) is 22.4. The third-order valence-corrected chi connectivity index (χ3v) is 8.36. The SMILES string of the molecule is CC(C)N1CC[C@H](C(=O)N2Cc3nc(NC4CCOCC4)ncc3C[C@H]2C)[C@@H](c2cccc(Cl)c2)C1. The molecule has 194 valence electrons. The van der Waals surface area contributed by atoms with Crippen LogP contribution in [0, 0.1) is 5.92 Å². The van der Waals surface area contributed by atoms with Crippen LogP contribution in [-0.2, 0) is 22.5 Å². The second kappa shape index (κ2) is 11.0. The van der Waals surface area contributed by atoms with Crippen LogP contribution in [0.5, 0.6) is 0 Å². The van der Waals surface area contributed by atoms with Crippen LogP contribution in [0.3, 0.4) is 0 Å². The van der Waals surface area contributed by atoms with E-state index >= 15 is 0 Å². The van der Waals surface area contributed by atoms with Gasteiger partial charge in [0.1, 0.15) is 0 Å². The van der Waals surface area contributed by atoms with Crippen molar-refractivity contribution in [2.45, 2.75) is 77.0 Å². The van der Waals surface area contributed by atoms with Gasteiger partial charge in [0, 0.05) is 60.9 Å². The fraction of sp³-hybridized carbons (Fsp3) is 0.607. The van der Waals surface area contributed by atoms with E-state index in [1.54, 1.807) is 0 Å². The number of amides is 1. The molecule has 4 heterocycles. The molecular formula is C28H38ClN5O2. The molecular weight excluding hydrogens is 474 g/mol. The minimum absolute atomic E-state index is 0.0656. The summed E-state index contributed by atoms with van der Waals surface area (Å²) in [6.07, 6.45) is 5.50. The molecule has 8 heteroatoms. The van der Waals surface area contributed by atoms with Gasteiger partial charge in [0.25, 0.3) is 0 Å². The van der Waals surface area contributed by atoms with E-state index in [0.29, 0.717) is 24.6 Å². The zero-order valence-electron chi connectivity index (χ0n) is 21.6. The van der Waals surface area contributed by atoms with Crippen molar-refractivity contribution in [1.29, 1.82) is 0 Å². The molecule has 2 fully saturated rings. The number of nitrogens with zero attached hydrogens (tertiary/aromatic N) is 4. The van der Waals surface area contributed by atoms with Crippen LogP contribution in [0.2, 0.25) is 5.02 Å². The molecule has 3 aliphatic rings. The van der Waals surface area contributed by atoms with Crippen molar-refractivity contribution < 1.29 is 9.53 Å². The number of benzene rings is 1. The molecule has 5 rings (SSSR count). The Kier molecular flexibility index (Phi) is 7.79. The average Bonchev–Trinajstić information content (AvgIpc) is 2.88. The van der Waals surface area contributed by atoms with Gasteiger partial charge >= 0.3 is 0 Å². The minimum atomic E-state index is -0.0656. The summed E-state index contributed by atoms with van der Waals surface area (Å²) in [6, 6.07) is 8.95. The summed E-state index contributed by atoms with van der Waals surface area (Å²) in [5, 5.41) is 4.20. The maximum atomic E-state index is 14.1. The number of hydrogen-bond donors (Lipinski definition) is 1. The predicted octanol–water partition coefficient (Wildman–Crippen LogP) is 4.51. The molecule has 0 spiro atoms. The lowest BCUT2D eigenvalue weighted by Gasteiger charge is -2.43. The number of piperidine rings is 1. The Labute approximate surface area is 219 Å². The zero-order chi connectivity index (χ0) is 25.2. The third kappa shape index (κ3) is 5.53. The summed E-state index contributed by atoms with van der Waals surface area (Å²) in [4.78, 5) is 28.1. The number of carbonyl (C=O) groups excluding carboxylic acids is 1. The Bertz CT molecular complexity index is 1070. The Morgan fingerprint density at radius 2 is 2.03 bits per heavy atom. The standard InChI is InChI=1S/C28H38ClN5O2/c1-18(2)33-10-7-24(25(16-33)20-5-4-6-22(29)14-20)27(35)34-17-26-21(13-19(34)3)15-30-28(32-26)31-23-8-11-36-12-9-23/h4-6,14-15,18-19,23-25H,7-13,16-17H2,1-3H3,(H,30,31,32)/t19-,24+,25-/m1/s1. The number of carbonyl (C=O) groups is 1. The van der Waals surface area contributed by atoms with Gasteiger partial charge in [-0.2, -0.15) is 0 Å². The van der Waals surface area contributed by atoms with Crippen molar-refractivity contribution in [2.75, 3.05) is 31.6 Å². The topological polar surface area (TPSA) is 70.6 Å². The van der Waals surface area contributed by atoms with E-state index in [0.717, 1.165) is 73.8 Å². The summed E-state index contributed by atoms with van der Waals surface area (Å²) in [5.41, 5.74) is 3.26. The van der Waals surface area contributed by atoms with E-state index < -0.39 is 0 Å². The maximum absolute atomic E-state index is 14.1. The van der Waals surface area contributed by atoms with Crippen LogP contribution in [-0.4, -0.2) is 70.1 Å². The quantitative estimate of drug-likeness (QED) is 0.637. The Balaban J connectivity index is 1.36. The van der Waals surface area contributed by atoms with Gasteiger partial charge in [0.2, 0.25) is 11.9 Å². The lowest BCUT2D eigenvalue weighted by atomic mass is 9.79. The number of nitrogens with one attached hydrogen (secondary N) is 1. The van der Waals surface area contributed by atoms with Crippen molar-refractivity contribution in [3.63, 3.8) is 0 Å². The Morgan fingerprint density at radius 3 is 2.78 bits per heavy atom. The van der Waals surface area contributed by atoms with E-state index in [1.165, 1.54) is 0 Å². The molecule has 0 bridgehead atoms. The number of aromatic nitrogens is 2. The highest BCUT2D eigenvalue weighted by Crippen LogP contribution is 2.37. The van der Waals surface area contributed by atoms with Gasteiger partial charge in [-0.15, -0.1) is 0 Å². The van der Waals surface area contributed by atoms with Gasteiger partial charge in [0.05, 0.1) is 12.2 Å². The molecule has 3 aliphatic heterocycles. The molecule has 1 aromatic carbocycles. The summed E-state index contributed by atoms with van der Waals surface area (Å²) < 4.78 is 5.47. The van der Waals surface area contributed by atoms with Gasteiger partial charge in [-0.05, 0) is 76.3 Å². The number of likely N-dealkylation sites (tertiary alicyclic amines) is 1. The third-order valence-electron chi connectivity index (χ3n) is 8.13. The first-order valence-electron chi connectivity index (χ1n) is 13.4. The highest BCUT2D eigenvalue weighted by molar-refractivity contribution is 6.30. The Hall–Kier alpha value is -2.22. The lowest BCUT2D eigenvalue weighted by Crippen LogP contribution is -2.51.